The molecule has 0 aromatic carbocycles. The average molecular weight is 319 g/mol. The fraction of sp³-hybridized carbons (Fsp3) is 0.647. The molecule has 1 aromatic heterocycles. The topological polar surface area (TPSA) is 59.2 Å². The molecular weight excluding hydrogens is 294 g/mol. The summed E-state index contributed by atoms with van der Waals surface area (Å²) in [5.74, 6) is 0.975. The van der Waals surface area contributed by atoms with Crippen LogP contribution in [0.1, 0.15) is 78.5 Å². The summed E-state index contributed by atoms with van der Waals surface area (Å²) in [6.07, 6.45) is 5.89. The van der Waals surface area contributed by atoms with Crippen LogP contribution in [-0.4, -0.2) is 22.3 Å². The highest BCUT2D eigenvalue weighted by Crippen LogP contribution is 2.47. The Morgan fingerprint density at radius 1 is 1.32 bits per heavy atom. The minimum atomic E-state index is 0.0732. The molecular formula is C17H25N3OS. The molecule has 0 fully saturated rings. The summed E-state index contributed by atoms with van der Waals surface area (Å²) in [7, 11) is 0. The maximum Gasteiger partial charge on any atom is 0.258 e. The van der Waals surface area contributed by atoms with Crippen LogP contribution in [0.5, 0.6) is 0 Å². The Kier molecular flexibility index (Phi) is 4.62. The van der Waals surface area contributed by atoms with E-state index in [1.807, 2.05) is 16.7 Å². The second-order valence-electron chi connectivity index (χ2n) is 6.23. The van der Waals surface area contributed by atoms with Crippen LogP contribution in [0.25, 0.3) is 0 Å². The Bertz CT molecular complexity index is 588. The lowest BCUT2D eigenvalue weighted by atomic mass is 10.0. The van der Waals surface area contributed by atoms with Crippen molar-refractivity contribution >= 4 is 23.4 Å². The normalized spacial score (nSPS) is 19.6. The van der Waals surface area contributed by atoms with E-state index < -0.39 is 0 Å². The highest BCUT2D eigenvalue weighted by atomic mass is 32.2. The molecule has 22 heavy (non-hydrogen) atoms. The number of unbranched alkanes of at least 4 members (excludes halogenated alkanes) is 2. The van der Waals surface area contributed by atoms with Gasteiger partial charge in [0.25, 0.3) is 5.91 Å². The number of thioether (sulfide) groups is 1. The molecule has 1 unspecified atom stereocenters. The van der Waals surface area contributed by atoms with Crippen molar-refractivity contribution in [3.8, 4) is 0 Å². The zero-order chi connectivity index (χ0) is 15.7. The Morgan fingerprint density at radius 2 is 2.14 bits per heavy atom. The summed E-state index contributed by atoms with van der Waals surface area (Å²) in [4.78, 5) is 19.3. The second-order valence-corrected chi connectivity index (χ2v) is 7.42. The van der Waals surface area contributed by atoms with Crippen molar-refractivity contribution in [3.63, 3.8) is 0 Å². The van der Waals surface area contributed by atoms with Crippen molar-refractivity contribution in [2.45, 2.75) is 63.5 Å². The molecule has 0 saturated heterocycles. The molecule has 120 valence electrons. The number of amides is 1. The van der Waals surface area contributed by atoms with Crippen LogP contribution in [-0.2, 0) is 12.3 Å². The Labute approximate surface area is 136 Å². The molecule has 3 rings (SSSR count). The number of carbonyl (C=O) groups is 1. The zero-order valence-electron chi connectivity index (χ0n) is 13.5. The van der Waals surface area contributed by atoms with Gasteiger partial charge in [-0.2, -0.15) is 0 Å². The third-order valence-electron chi connectivity index (χ3n) is 4.59. The lowest BCUT2D eigenvalue weighted by Gasteiger charge is -2.13. The molecule has 0 spiro atoms. The van der Waals surface area contributed by atoms with Crippen molar-refractivity contribution in [1.82, 2.24) is 9.88 Å². The number of nitrogens with two attached hydrogens (primary N) is 1. The SMILES string of the molecule is CCCCCC1SCc2c1nc1c(c2N)C(=O)N(CCC)C1. The zero-order valence-corrected chi connectivity index (χ0v) is 14.3. The third kappa shape index (κ3) is 2.60. The summed E-state index contributed by atoms with van der Waals surface area (Å²) < 4.78 is 0. The largest absolute Gasteiger partial charge is 0.398 e. The van der Waals surface area contributed by atoms with Gasteiger partial charge in [0.05, 0.1) is 29.2 Å². The molecule has 3 heterocycles. The van der Waals surface area contributed by atoms with Gasteiger partial charge in [0.1, 0.15) is 0 Å². The lowest BCUT2D eigenvalue weighted by molar-refractivity contribution is 0.0779. The Hall–Kier alpha value is -1.23. The highest BCUT2D eigenvalue weighted by Gasteiger charge is 2.36. The van der Waals surface area contributed by atoms with E-state index in [1.165, 1.54) is 25.7 Å². The standard InChI is InChI=1S/C17H25N3OS/c1-3-5-6-7-13-16-11(10-22-13)15(18)14-12(19-16)9-20(8-4-2)17(14)21/h13H,3-10H2,1-2H3,(H2,18,19). The fourth-order valence-electron chi connectivity index (χ4n) is 3.41. The van der Waals surface area contributed by atoms with Gasteiger partial charge in [0.15, 0.2) is 0 Å². The van der Waals surface area contributed by atoms with E-state index in [0.29, 0.717) is 23.0 Å². The maximum absolute atomic E-state index is 12.5. The van der Waals surface area contributed by atoms with Crippen LogP contribution in [0.4, 0.5) is 5.69 Å². The summed E-state index contributed by atoms with van der Waals surface area (Å²) in [6, 6.07) is 0. The van der Waals surface area contributed by atoms with Crippen molar-refractivity contribution in [2.24, 2.45) is 0 Å². The van der Waals surface area contributed by atoms with Crippen LogP contribution in [0.2, 0.25) is 0 Å². The smallest absolute Gasteiger partial charge is 0.258 e. The summed E-state index contributed by atoms with van der Waals surface area (Å²) in [5.41, 5.74) is 10.9. The molecule has 1 atom stereocenters. The summed E-state index contributed by atoms with van der Waals surface area (Å²) in [6.45, 7) is 5.74. The number of carbonyl (C=O) groups excluding carboxylic acids is 1. The van der Waals surface area contributed by atoms with E-state index in [9.17, 15) is 4.79 Å². The number of nitrogens with zero attached hydrogens (tertiary/aromatic N) is 2. The van der Waals surface area contributed by atoms with E-state index in [1.54, 1.807) is 0 Å². The first-order valence-corrected chi connectivity index (χ1v) is 9.44. The predicted molar refractivity (Wildman–Crippen MR) is 91.9 cm³/mol. The van der Waals surface area contributed by atoms with Crippen LogP contribution in [0.15, 0.2) is 0 Å². The molecule has 1 amide bonds. The first-order valence-electron chi connectivity index (χ1n) is 8.39. The number of hydrogen-bond acceptors (Lipinski definition) is 4. The number of fused-ring (bicyclic) bond motifs is 2. The van der Waals surface area contributed by atoms with Crippen LogP contribution < -0.4 is 5.73 Å². The summed E-state index contributed by atoms with van der Waals surface area (Å²) in [5, 5.41) is 0.462. The molecule has 5 heteroatoms. The number of nitrogen functional groups attached to an aromatic ring is 1. The van der Waals surface area contributed by atoms with E-state index in [-0.39, 0.29) is 5.91 Å². The van der Waals surface area contributed by atoms with Gasteiger partial charge in [-0.25, -0.2) is 0 Å². The fourth-order valence-corrected chi connectivity index (χ4v) is 4.77. The van der Waals surface area contributed by atoms with Crippen molar-refractivity contribution in [1.29, 1.82) is 0 Å². The van der Waals surface area contributed by atoms with Crippen LogP contribution in [0, 0.1) is 0 Å². The van der Waals surface area contributed by atoms with Gasteiger partial charge >= 0.3 is 0 Å². The van der Waals surface area contributed by atoms with Crippen molar-refractivity contribution in [2.75, 3.05) is 12.3 Å². The first-order chi connectivity index (χ1) is 10.7. The van der Waals surface area contributed by atoms with Gasteiger partial charge in [-0.05, 0) is 12.8 Å². The number of aromatic nitrogens is 1. The first kappa shape index (κ1) is 15.7. The Balaban J connectivity index is 1.87. The Morgan fingerprint density at radius 3 is 2.86 bits per heavy atom. The van der Waals surface area contributed by atoms with Gasteiger partial charge in [0.2, 0.25) is 0 Å². The number of pyridine rings is 1. The molecule has 2 aliphatic rings. The molecule has 0 saturated carbocycles. The lowest BCUT2D eigenvalue weighted by Crippen LogP contribution is -2.24. The molecule has 0 aliphatic carbocycles. The summed E-state index contributed by atoms with van der Waals surface area (Å²) >= 11 is 1.93. The van der Waals surface area contributed by atoms with Crippen LogP contribution >= 0.6 is 11.8 Å². The monoisotopic (exact) mass is 319 g/mol. The van der Waals surface area contributed by atoms with Crippen molar-refractivity contribution < 1.29 is 4.79 Å². The van der Waals surface area contributed by atoms with Gasteiger partial charge in [-0.3, -0.25) is 9.78 Å². The number of rotatable bonds is 6. The number of hydrogen-bond donors (Lipinski definition) is 1. The van der Waals surface area contributed by atoms with E-state index >= 15 is 0 Å². The number of anilines is 1. The van der Waals surface area contributed by atoms with E-state index in [4.69, 9.17) is 10.7 Å². The van der Waals surface area contributed by atoms with Gasteiger partial charge < -0.3 is 10.6 Å². The predicted octanol–water partition coefficient (Wildman–Crippen LogP) is 3.90. The second kappa shape index (κ2) is 6.49. The molecule has 0 bridgehead atoms. The maximum atomic E-state index is 12.5. The van der Waals surface area contributed by atoms with Gasteiger partial charge in [-0.15, -0.1) is 11.8 Å². The van der Waals surface area contributed by atoms with E-state index in [2.05, 4.69) is 13.8 Å². The molecule has 1 aromatic rings. The molecule has 0 radical (unpaired) electrons. The highest BCUT2D eigenvalue weighted by molar-refractivity contribution is 7.99. The quantitative estimate of drug-likeness (QED) is 0.808. The molecule has 2 N–H and O–H groups in total. The third-order valence-corrected chi connectivity index (χ3v) is 5.90. The van der Waals surface area contributed by atoms with Gasteiger partial charge in [-0.1, -0.05) is 33.1 Å². The molecule has 2 aliphatic heterocycles. The van der Waals surface area contributed by atoms with Crippen molar-refractivity contribution in [3.05, 3.63) is 22.5 Å². The minimum Gasteiger partial charge on any atom is -0.398 e. The average Bonchev–Trinajstić information content (AvgIpc) is 3.03. The van der Waals surface area contributed by atoms with Crippen LogP contribution in [0.3, 0.4) is 0 Å². The molecule has 4 nitrogen and oxygen atoms in total. The minimum absolute atomic E-state index is 0.0732. The van der Waals surface area contributed by atoms with E-state index in [0.717, 1.165) is 35.7 Å². The van der Waals surface area contributed by atoms with Gasteiger partial charge in [0, 0.05) is 23.1 Å².